The Balaban J connectivity index is 1.43. The molecule has 1 aliphatic heterocycles. The van der Waals surface area contributed by atoms with Crippen molar-refractivity contribution >= 4 is 40.2 Å². The summed E-state index contributed by atoms with van der Waals surface area (Å²) in [6, 6.07) is 7.11. The second-order valence-electron chi connectivity index (χ2n) is 7.91. The Morgan fingerprint density at radius 2 is 2.13 bits per heavy atom. The highest BCUT2D eigenvalue weighted by molar-refractivity contribution is 6.31. The van der Waals surface area contributed by atoms with Gasteiger partial charge in [-0.3, -0.25) is 14.7 Å². The van der Waals surface area contributed by atoms with E-state index in [9.17, 15) is 9.59 Å². The van der Waals surface area contributed by atoms with E-state index in [0.717, 1.165) is 29.4 Å². The lowest BCUT2D eigenvalue weighted by atomic mass is 10.2. The number of nitrogens with one attached hydrogen (secondary N) is 2. The van der Waals surface area contributed by atoms with Crippen LogP contribution in [0.3, 0.4) is 0 Å². The van der Waals surface area contributed by atoms with Crippen LogP contribution in [0.1, 0.15) is 33.1 Å². The fourth-order valence-corrected chi connectivity index (χ4v) is 3.66. The number of halogens is 1. The number of rotatable bonds is 8. The third-order valence-corrected chi connectivity index (χ3v) is 5.24. The van der Waals surface area contributed by atoms with Crippen LogP contribution in [-0.2, 0) is 9.53 Å². The second-order valence-corrected chi connectivity index (χ2v) is 8.35. The molecule has 1 aromatic heterocycles. The van der Waals surface area contributed by atoms with Crippen molar-refractivity contribution in [3.05, 3.63) is 35.5 Å². The molecule has 1 atom stereocenters. The number of likely N-dealkylation sites (tertiary alicyclic amines) is 1. The van der Waals surface area contributed by atoms with Crippen LogP contribution in [0, 0.1) is 5.92 Å². The Labute approximate surface area is 182 Å². The molecule has 8 heteroatoms. The number of pyridine rings is 1. The predicted molar refractivity (Wildman–Crippen MR) is 119 cm³/mol. The lowest BCUT2D eigenvalue weighted by Gasteiger charge is -2.23. The molecule has 0 saturated carbocycles. The number of ether oxygens (including phenoxy) is 1. The zero-order valence-corrected chi connectivity index (χ0v) is 18.2. The molecule has 1 unspecified atom stereocenters. The summed E-state index contributed by atoms with van der Waals surface area (Å²) in [4.78, 5) is 30.6. The number of carbonyl (C=O) groups excluding carboxylic acids is 2. The van der Waals surface area contributed by atoms with Gasteiger partial charge in [-0.25, -0.2) is 4.79 Å². The molecular formula is C22H29ClN4O3. The van der Waals surface area contributed by atoms with Crippen LogP contribution in [0.4, 0.5) is 10.5 Å². The van der Waals surface area contributed by atoms with Crippen molar-refractivity contribution in [1.29, 1.82) is 0 Å². The Morgan fingerprint density at radius 3 is 2.93 bits per heavy atom. The maximum absolute atomic E-state index is 12.5. The molecule has 2 heterocycles. The summed E-state index contributed by atoms with van der Waals surface area (Å²) in [5.41, 5.74) is 1.82. The van der Waals surface area contributed by atoms with Crippen molar-refractivity contribution in [3.63, 3.8) is 0 Å². The van der Waals surface area contributed by atoms with Gasteiger partial charge in [-0.15, -0.1) is 0 Å². The number of hydrogen-bond donors (Lipinski definition) is 2. The maximum Gasteiger partial charge on any atom is 0.410 e. The van der Waals surface area contributed by atoms with Gasteiger partial charge in [0.05, 0.1) is 12.1 Å². The molecule has 30 heavy (non-hydrogen) atoms. The fraction of sp³-hybridized carbons (Fsp3) is 0.500. The van der Waals surface area contributed by atoms with Gasteiger partial charge in [-0.2, -0.15) is 0 Å². The molecule has 162 valence electrons. The molecule has 3 rings (SSSR count). The molecule has 1 aromatic carbocycles. The molecule has 0 spiro atoms. The van der Waals surface area contributed by atoms with Crippen molar-refractivity contribution in [3.8, 4) is 0 Å². The number of hydrogen-bond acceptors (Lipinski definition) is 5. The average molecular weight is 433 g/mol. The first-order valence-corrected chi connectivity index (χ1v) is 10.8. The molecule has 2 amide bonds. The minimum Gasteiger partial charge on any atom is -0.449 e. The van der Waals surface area contributed by atoms with Crippen LogP contribution in [0.25, 0.3) is 10.9 Å². The highest BCUT2D eigenvalue weighted by Crippen LogP contribution is 2.24. The number of amides is 2. The van der Waals surface area contributed by atoms with Crippen LogP contribution >= 0.6 is 11.6 Å². The molecule has 1 aliphatic rings. The first-order chi connectivity index (χ1) is 14.5. The summed E-state index contributed by atoms with van der Waals surface area (Å²) in [5, 5.41) is 8.00. The van der Waals surface area contributed by atoms with Crippen molar-refractivity contribution in [2.75, 3.05) is 31.6 Å². The molecule has 0 bridgehead atoms. The van der Waals surface area contributed by atoms with E-state index in [1.807, 2.05) is 38.1 Å². The van der Waals surface area contributed by atoms with Crippen molar-refractivity contribution in [2.24, 2.45) is 5.92 Å². The normalized spacial score (nSPS) is 16.1. The number of nitrogens with zero attached hydrogens (tertiary/aromatic N) is 2. The summed E-state index contributed by atoms with van der Waals surface area (Å²) in [6.07, 6.45) is 3.60. The van der Waals surface area contributed by atoms with E-state index < -0.39 is 12.1 Å². The summed E-state index contributed by atoms with van der Waals surface area (Å²) >= 11 is 6.03. The number of fused-ring (bicyclic) bond motifs is 1. The number of aromatic nitrogens is 1. The summed E-state index contributed by atoms with van der Waals surface area (Å²) in [6.45, 7) is 6.14. The third kappa shape index (κ3) is 5.75. The summed E-state index contributed by atoms with van der Waals surface area (Å²) in [7, 11) is 0. The Morgan fingerprint density at radius 1 is 1.30 bits per heavy atom. The topological polar surface area (TPSA) is 83.6 Å². The van der Waals surface area contributed by atoms with Crippen molar-refractivity contribution in [1.82, 2.24) is 15.2 Å². The van der Waals surface area contributed by atoms with E-state index in [2.05, 4.69) is 15.6 Å². The number of benzene rings is 1. The smallest absolute Gasteiger partial charge is 0.410 e. The van der Waals surface area contributed by atoms with E-state index in [1.54, 1.807) is 11.1 Å². The molecule has 0 aliphatic carbocycles. The molecule has 1 saturated heterocycles. The monoisotopic (exact) mass is 432 g/mol. The van der Waals surface area contributed by atoms with Crippen LogP contribution in [0.5, 0.6) is 0 Å². The van der Waals surface area contributed by atoms with E-state index in [4.69, 9.17) is 16.3 Å². The highest BCUT2D eigenvalue weighted by Gasteiger charge is 2.34. The van der Waals surface area contributed by atoms with Crippen LogP contribution < -0.4 is 10.6 Å². The Hall–Kier alpha value is -2.54. The van der Waals surface area contributed by atoms with Gasteiger partial charge in [0.1, 0.15) is 6.04 Å². The fourth-order valence-electron chi connectivity index (χ4n) is 3.49. The first kappa shape index (κ1) is 22.2. The number of anilines is 1. The molecule has 2 N–H and O–H groups in total. The van der Waals surface area contributed by atoms with E-state index in [-0.39, 0.29) is 11.8 Å². The molecule has 0 radical (unpaired) electrons. The van der Waals surface area contributed by atoms with Crippen molar-refractivity contribution < 1.29 is 14.3 Å². The minimum atomic E-state index is -0.438. The van der Waals surface area contributed by atoms with Gasteiger partial charge in [0, 0.05) is 41.9 Å². The predicted octanol–water partition coefficient (Wildman–Crippen LogP) is 4.06. The van der Waals surface area contributed by atoms with Crippen LogP contribution in [-0.4, -0.2) is 54.2 Å². The highest BCUT2D eigenvalue weighted by atomic mass is 35.5. The van der Waals surface area contributed by atoms with Gasteiger partial charge in [0.2, 0.25) is 5.91 Å². The number of carbonyl (C=O) groups is 2. The first-order valence-electron chi connectivity index (χ1n) is 10.4. The van der Waals surface area contributed by atoms with Crippen LogP contribution in [0.2, 0.25) is 5.02 Å². The van der Waals surface area contributed by atoms with Gasteiger partial charge in [-0.05, 0) is 49.4 Å². The van der Waals surface area contributed by atoms with Crippen LogP contribution in [0.15, 0.2) is 30.5 Å². The van der Waals surface area contributed by atoms with Crippen molar-refractivity contribution in [2.45, 2.75) is 39.2 Å². The largest absolute Gasteiger partial charge is 0.449 e. The van der Waals surface area contributed by atoms with E-state index in [0.29, 0.717) is 37.7 Å². The Bertz CT molecular complexity index is 890. The molecule has 7 nitrogen and oxygen atoms in total. The third-order valence-electron chi connectivity index (χ3n) is 5.00. The van der Waals surface area contributed by atoms with Gasteiger partial charge in [-0.1, -0.05) is 25.4 Å². The molecule has 1 fully saturated rings. The summed E-state index contributed by atoms with van der Waals surface area (Å²) in [5.74, 6) is 0.156. The van der Waals surface area contributed by atoms with Gasteiger partial charge < -0.3 is 15.4 Å². The average Bonchev–Trinajstić information content (AvgIpc) is 3.21. The Kier molecular flexibility index (Phi) is 7.74. The van der Waals surface area contributed by atoms with Gasteiger partial charge in [0.25, 0.3) is 0 Å². The zero-order chi connectivity index (χ0) is 21.5. The SMILES string of the molecule is CC(C)COC(=O)N1CCCC1C(=O)NCCCNc1ccnc2cc(Cl)ccc12. The minimum absolute atomic E-state index is 0.113. The van der Waals surface area contributed by atoms with Gasteiger partial charge in [0.15, 0.2) is 0 Å². The lowest BCUT2D eigenvalue weighted by molar-refractivity contribution is -0.125. The maximum atomic E-state index is 12.5. The van der Waals surface area contributed by atoms with Gasteiger partial charge >= 0.3 is 6.09 Å². The summed E-state index contributed by atoms with van der Waals surface area (Å²) < 4.78 is 5.29. The second kappa shape index (κ2) is 10.5. The van der Waals surface area contributed by atoms with E-state index >= 15 is 0 Å². The lowest BCUT2D eigenvalue weighted by Crippen LogP contribution is -2.46. The molecular weight excluding hydrogens is 404 g/mol. The quantitative estimate of drug-likeness (QED) is 0.614. The standard InChI is InChI=1S/C22H29ClN4O3/c1-15(2)14-30-22(29)27-12-3-5-20(27)21(28)26-10-4-9-24-18-8-11-25-19-13-16(23)6-7-17(18)19/h6-8,11,13,15,20H,3-5,9-10,12,14H2,1-2H3,(H,24,25)(H,26,28). The zero-order valence-electron chi connectivity index (χ0n) is 17.5. The molecule has 2 aromatic rings. The van der Waals surface area contributed by atoms with E-state index in [1.165, 1.54) is 0 Å².